The summed E-state index contributed by atoms with van der Waals surface area (Å²) in [5.41, 5.74) is -0.124. The summed E-state index contributed by atoms with van der Waals surface area (Å²) < 4.78 is 5.18. The molecule has 0 bridgehead atoms. The van der Waals surface area contributed by atoms with Gasteiger partial charge in [-0.1, -0.05) is 33.9 Å². The van der Waals surface area contributed by atoms with Crippen LogP contribution in [0.4, 0.5) is 11.9 Å². The Morgan fingerprint density at radius 1 is 0.905 bits per heavy atom. The van der Waals surface area contributed by atoms with Crippen molar-refractivity contribution in [2.24, 2.45) is 0 Å². The Kier molecular flexibility index (Phi) is 4.87. The Labute approximate surface area is 129 Å². The number of methoxy groups -OCH3 is 1. The van der Waals surface area contributed by atoms with Crippen molar-refractivity contribution in [1.29, 1.82) is 0 Å². The van der Waals surface area contributed by atoms with Crippen LogP contribution in [0.25, 0.3) is 0 Å². The topological polar surface area (TPSA) is 72.0 Å². The average molecular weight is 312 g/mol. The third kappa shape index (κ3) is 5.15. The maximum absolute atomic E-state index is 5.18. The lowest BCUT2D eigenvalue weighted by atomic mass is 10.1. The van der Waals surface area contributed by atoms with E-state index in [9.17, 15) is 0 Å². The summed E-state index contributed by atoms with van der Waals surface area (Å²) in [6.07, 6.45) is 0. The molecule has 0 fully saturated rings. The predicted octanol–water partition coefficient (Wildman–Crippen LogP) is 3.51. The minimum Gasteiger partial charge on any atom is -0.467 e. The average Bonchev–Trinajstić information content (AvgIpc) is 2.23. The second-order valence-corrected chi connectivity index (χ2v) is 12.8. The van der Waals surface area contributed by atoms with Gasteiger partial charge < -0.3 is 15.0 Å². The molecule has 0 saturated heterocycles. The van der Waals surface area contributed by atoms with E-state index in [0.29, 0.717) is 17.9 Å². The van der Waals surface area contributed by atoms with Crippen molar-refractivity contribution in [2.75, 3.05) is 17.4 Å². The third-order valence-electron chi connectivity index (χ3n) is 3.58. The van der Waals surface area contributed by atoms with Crippen molar-refractivity contribution in [3.05, 3.63) is 0 Å². The van der Waals surface area contributed by atoms with Gasteiger partial charge in [0.25, 0.3) is 0 Å². The van der Waals surface area contributed by atoms with Crippen LogP contribution in [0.1, 0.15) is 41.5 Å². The fourth-order valence-corrected chi connectivity index (χ4v) is 2.41. The summed E-state index contributed by atoms with van der Waals surface area (Å²) in [6, 6.07) is 0.318. The standard InChI is InChI=1S/C14H29N5OSi/c1-13(2,3)18-10-15-11(17-12(16-10)20-7)19-21(8,9)14(4,5)6/h1-9H3,(H2,15,16,17,18,19). The molecule has 6 nitrogen and oxygen atoms in total. The molecule has 2 N–H and O–H groups in total. The Morgan fingerprint density at radius 3 is 1.86 bits per heavy atom. The van der Waals surface area contributed by atoms with E-state index < -0.39 is 8.24 Å². The van der Waals surface area contributed by atoms with E-state index in [2.05, 4.69) is 79.9 Å². The minimum atomic E-state index is -1.75. The van der Waals surface area contributed by atoms with Gasteiger partial charge in [-0.05, 0) is 25.8 Å². The maximum Gasteiger partial charge on any atom is 0.322 e. The molecule has 0 aromatic carbocycles. The molecule has 0 aliphatic heterocycles. The quantitative estimate of drug-likeness (QED) is 0.829. The Hall–Kier alpha value is -1.37. The van der Waals surface area contributed by atoms with Gasteiger partial charge in [0.2, 0.25) is 11.9 Å². The van der Waals surface area contributed by atoms with E-state index in [0.717, 1.165) is 0 Å². The Morgan fingerprint density at radius 2 is 1.43 bits per heavy atom. The fraction of sp³-hybridized carbons (Fsp3) is 0.786. The molecular weight excluding hydrogens is 282 g/mol. The van der Waals surface area contributed by atoms with Crippen LogP contribution < -0.4 is 15.0 Å². The number of ether oxygens (including phenoxy) is 1. The van der Waals surface area contributed by atoms with E-state index in [1.54, 1.807) is 7.11 Å². The van der Waals surface area contributed by atoms with Crippen molar-refractivity contribution in [2.45, 2.75) is 65.2 Å². The van der Waals surface area contributed by atoms with Crippen LogP contribution in [0.3, 0.4) is 0 Å². The number of hydrogen-bond donors (Lipinski definition) is 2. The summed E-state index contributed by atoms with van der Waals surface area (Å²) in [6.45, 7) is 17.4. The summed E-state index contributed by atoms with van der Waals surface area (Å²) in [5.74, 6) is 1.09. The van der Waals surface area contributed by atoms with Gasteiger partial charge in [0, 0.05) is 5.54 Å². The summed E-state index contributed by atoms with van der Waals surface area (Å²) >= 11 is 0. The molecule has 0 unspecified atom stereocenters. The fourth-order valence-electron chi connectivity index (χ4n) is 1.36. The lowest BCUT2D eigenvalue weighted by Gasteiger charge is -2.37. The van der Waals surface area contributed by atoms with Crippen LogP contribution in [0.2, 0.25) is 18.1 Å². The van der Waals surface area contributed by atoms with E-state index in [4.69, 9.17) is 4.74 Å². The predicted molar refractivity (Wildman–Crippen MR) is 90.6 cm³/mol. The largest absolute Gasteiger partial charge is 0.467 e. The summed E-state index contributed by atoms with van der Waals surface area (Å²) in [7, 11) is -0.187. The molecule has 120 valence electrons. The molecule has 21 heavy (non-hydrogen) atoms. The number of aromatic nitrogens is 3. The third-order valence-corrected chi connectivity index (χ3v) is 8.18. The number of nitrogens with zero attached hydrogens (tertiary/aromatic N) is 3. The molecule has 0 radical (unpaired) electrons. The highest BCUT2D eigenvalue weighted by Crippen LogP contribution is 2.35. The van der Waals surface area contributed by atoms with Crippen LogP contribution >= 0.6 is 0 Å². The second-order valence-electron chi connectivity index (χ2n) is 7.84. The Bertz CT molecular complexity index is 491. The first-order valence-corrected chi connectivity index (χ1v) is 10.2. The minimum absolute atomic E-state index is 0.124. The van der Waals surface area contributed by atoms with Gasteiger partial charge in [-0.3, -0.25) is 0 Å². The molecule has 0 aliphatic carbocycles. The van der Waals surface area contributed by atoms with Crippen molar-refractivity contribution < 1.29 is 4.74 Å². The van der Waals surface area contributed by atoms with Crippen molar-refractivity contribution in [3.63, 3.8) is 0 Å². The van der Waals surface area contributed by atoms with Gasteiger partial charge >= 0.3 is 6.01 Å². The zero-order valence-corrected chi connectivity index (χ0v) is 15.7. The Balaban J connectivity index is 3.10. The smallest absolute Gasteiger partial charge is 0.322 e. The van der Waals surface area contributed by atoms with E-state index >= 15 is 0 Å². The molecule has 1 aromatic rings. The lowest BCUT2D eigenvalue weighted by molar-refractivity contribution is 0.379. The van der Waals surface area contributed by atoms with Crippen LogP contribution in [-0.2, 0) is 0 Å². The van der Waals surface area contributed by atoms with Gasteiger partial charge in [-0.25, -0.2) is 0 Å². The molecule has 1 rings (SSSR count). The molecule has 0 aliphatic rings. The number of nitrogens with one attached hydrogen (secondary N) is 2. The molecule has 0 saturated carbocycles. The van der Waals surface area contributed by atoms with Gasteiger partial charge in [0.05, 0.1) is 7.11 Å². The van der Waals surface area contributed by atoms with Crippen molar-refractivity contribution in [1.82, 2.24) is 15.0 Å². The molecule has 1 heterocycles. The van der Waals surface area contributed by atoms with Crippen LogP contribution in [0.15, 0.2) is 0 Å². The highest BCUT2D eigenvalue weighted by atomic mass is 28.3. The van der Waals surface area contributed by atoms with Crippen LogP contribution in [-0.4, -0.2) is 35.8 Å². The van der Waals surface area contributed by atoms with Crippen molar-refractivity contribution in [3.8, 4) is 6.01 Å². The molecule has 0 spiro atoms. The molecule has 0 atom stereocenters. The van der Waals surface area contributed by atoms with E-state index in [-0.39, 0.29) is 10.6 Å². The van der Waals surface area contributed by atoms with Crippen LogP contribution in [0.5, 0.6) is 6.01 Å². The first kappa shape index (κ1) is 17.7. The van der Waals surface area contributed by atoms with E-state index in [1.807, 2.05) is 0 Å². The maximum atomic E-state index is 5.18. The van der Waals surface area contributed by atoms with Gasteiger partial charge in [0.1, 0.15) is 0 Å². The highest BCUT2D eigenvalue weighted by Gasteiger charge is 2.36. The highest BCUT2D eigenvalue weighted by molar-refractivity contribution is 6.82. The number of rotatable bonds is 4. The molecule has 1 aromatic heterocycles. The van der Waals surface area contributed by atoms with Crippen molar-refractivity contribution >= 4 is 20.1 Å². The zero-order chi connectivity index (χ0) is 16.5. The number of hydrogen-bond acceptors (Lipinski definition) is 6. The van der Waals surface area contributed by atoms with Crippen LogP contribution in [0, 0.1) is 0 Å². The summed E-state index contributed by atoms with van der Waals surface area (Å²) in [5, 5.41) is 3.44. The molecular formula is C14H29N5OSi. The first-order valence-electron chi connectivity index (χ1n) is 7.20. The van der Waals surface area contributed by atoms with Gasteiger partial charge in [-0.2, -0.15) is 15.0 Å². The van der Waals surface area contributed by atoms with Gasteiger partial charge in [0.15, 0.2) is 8.24 Å². The molecule has 7 heteroatoms. The SMILES string of the molecule is COc1nc(NC(C)(C)C)nc(N[Si](C)(C)C(C)(C)C)n1. The first-order chi connectivity index (χ1) is 9.34. The molecule has 0 amide bonds. The van der Waals surface area contributed by atoms with Gasteiger partial charge in [-0.15, -0.1) is 0 Å². The number of anilines is 2. The summed E-state index contributed by atoms with van der Waals surface area (Å²) in [4.78, 5) is 16.6. The zero-order valence-electron chi connectivity index (χ0n) is 14.7. The normalized spacial score (nSPS) is 13.0. The lowest BCUT2D eigenvalue weighted by Crippen LogP contribution is -2.46. The van der Waals surface area contributed by atoms with E-state index in [1.165, 1.54) is 0 Å². The monoisotopic (exact) mass is 311 g/mol. The second kappa shape index (κ2) is 5.79.